The van der Waals surface area contributed by atoms with Gasteiger partial charge in [0.05, 0.1) is 11.1 Å². The maximum Gasteiger partial charge on any atom is 0.204 e. The third-order valence-electron chi connectivity index (χ3n) is 3.17. The zero-order chi connectivity index (χ0) is 14.6. The predicted molar refractivity (Wildman–Crippen MR) is 61.3 cm³/mol. The van der Waals surface area contributed by atoms with Crippen molar-refractivity contribution < 1.29 is 27.9 Å². The molecule has 3 nitrogen and oxygen atoms in total. The van der Waals surface area contributed by atoms with Crippen LogP contribution >= 0.6 is 0 Å². The van der Waals surface area contributed by atoms with Gasteiger partial charge in [0.1, 0.15) is 0 Å². The van der Waals surface area contributed by atoms with Crippen molar-refractivity contribution in [1.29, 1.82) is 0 Å². The Bertz CT molecular complexity index is 731. The summed E-state index contributed by atoms with van der Waals surface area (Å²) < 4.78 is 40.9. The Morgan fingerprint density at radius 1 is 0.750 bits per heavy atom. The molecule has 0 spiro atoms. The van der Waals surface area contributed by atoms with Gasteiger partial charge in [0.25, 0.3) is 0 Å². The SMILES string of the molecule is O=C1c2ccccc2C(=O)c2c(F)c(F)c(O)c(F)c21. The Labute approximate surface area is 110 Å². The standard InChI is InChI=1S/C14H5F3O3/c15-9-7-8(10(16)14(20)11(9)17)13(19)6-4-2-1-3-5(6)12(7)18/h1-4,20H. The van der Waals surface area contributed by atoms with E-state index in [1.165, 1.54) is 24.3 Å². The fourth-order valence-electron chi connectivity index (χ4n) is 2.22. The largest absolute Gasteiger partial charge is 0.503 e. The molecule has 2 aromatic carbocycles. The number of ketones is 2. The predicted octanol–water partition coefficient (Wildman–Crippen LogP) is 2.58. The van der Waals surface area contributed by atoms with Crippen molar-refractivity contribution in [2.75, 3.05) is 0 Å². The van der Waals surface area contributed by atoms with Gasteiger partial charge in [-0.05, 0) is 0 Å². The molecule has 0 atom stereocenters. The number of hydrogen-bond acceptors (Lipinski definition) is 3. The van der Waals surface area contributed by atoms with Crippen LogP contribution in [0, 0.1) is 17.5 Å². The van der Waals surface area contributed by atoms with E-state index in [0.717, 1.165) is 0 Å². The van der Waals surface area contributed by atoms with E-state index in [4.69, 9.17) is 5.11 Å². The lowest BCUT2D eigenvalue weighted by atomic mass is 9.83. The van der Waals surface area contributed by atoms with Crippen LogP contribution in [0.4, 0.5) is 13.2 Å². The molecule has 6 heteroatoms. The summed E-state index contributed by atoms with van der Waals surface area (Å²) in [5, 5.41) is 9.14. The number of carbonyl (C=O) groups is 2. The molecule has 0 aromatic heterocycles. The van der Waals surface area contributed by atoms with Crippen molar-refractivity contribution in [3.8, 4) is 5.75 Å². The van der Waals surface area contributed by atoms with E-state index < -0.39 is 45.9 Å². The van der Waals surface area contributed by atoms with E-state index in [9.17, 15) is 22.8 Å². The summed E-state index contributed by atoms with van der Waals surface area (Å²) in [5.41, 5.74) is -2.17. The molecule has 0 saturated carbocycles. The number of carbonyl (C=O) groups excluding carboxylic acids is 2. The minimum Gasteiger partial charge on any atom is -0.503 e. The molecule has 3 rings (SSSR count). The molecule has 1 aliphatic carbocycles. The molecule has 2 aromatic rings. The number of hydrogen-bond donors (Lipinski definition) is 1. The van der Waals surface area contributed by atoms with Gasteiger partial charge in [-0.1, -0.05) is 24.3 Å². The van der Waals surface area contributed by atoms with Gasteiger partial charge in [0, 0.05) is 11.1 Å². The summed E-state index contributed by atoms with van der Waals surface area (Å²) in [6.07, 6.45) is 0. The number of fused-ring (bicyclic) bond motifs is 2. The molecule has 0 radical (unpaired) electrons. The number of benzene rings is 2. The lowest BCUT2D eigenvalue weighted by molar-refractivity contribution is 0.0970. The van der Waals surface area contributed by atoms with E-state index in [2.05, 4.69) is 0 Å². The third-order valence-corrected chi connectivity index (χ3v) is 3.17. The highest BCUT2D eigenvalue weighted by Gasteiger charge is 2.38. The Balaban J connectivity index is 2.46. The van der Waals surface area contributed by atoms with Crippen molar-refractivity contribution in [3.05, 3.63) is 64.0 Å². The van der Waals surface area contributed by atoms with Crippen molar-refractivity contribution in [2.45, 2.75) is 0 Å². The van der Waals surface area contributed by atoms with Crippen molar-refractivity contribution in [1.82, 2.24) is 0 Å². The fraction of sp³-hybridized carbons (Fsp3) is 0. The van der Waals surface area contributed by atoms with Gasteiger partial charge in [-0.15, -0.1) is 0 Å². The molecule has 0 aliphatic heterocycles. The zero-order valence-electron chi connectivity index (χ0n) is 9.71. The average molecular weight is 278 g/mol. The molecular weight excluding hydrogens is 273 g/mol. The first-order chi connectivity index (χ1) is 9.45. The Morgan fingerprint density at radius 3 is 1.70 bits per heavy atom. The van der Waals surface area contributed by atoms with Gasteiger partial charge in [-0.3, -0.25) is 9.59 Å². The lowest BCUT2D eigenvalue weighted by Crippen LogP contribution is -2.24. The molecule has 0 fully saturated rings. The van der Waals surface area contributed by atoms with Gasteiger partial charge in [0.2, 0.25) is 5.82 Å². The average Bonchev–Trinajstić information content (AvgIpc) is 2.46. The second-order valence-corrected chi connectivity index (χ2v) is 4.24. The Kier molecular flexibility index (Phi) is 2.44. The minimum atomic E-state index is -1.89. The smallest absolute Gasteiger partial charge is 0.204 e. The van der Waals surface area contributed by atoms with Crippen molar-refractivity contribution >= 4 is 11.6 Å². The summed E-state index contributed by atoms with van der Waals surface area (Å²) in [5.74, 6) is -8.82. The summed E-state index contributed by atoms with van der Waals surface area (Å²) in [7, 11) is 0. The monoisotopic (exact) mass is 278 g/mol. The van der Waals surface area contributed by atoms with E-state index in [0.29, 0.717) is 0 Å². The molecule has 20 heavy (non-hydrogen) atoms. The van der Waals surface area contributed by atoms with Gasteiger partial charge < -0.3 is 5.11 Å². The van der Waals surface area contributed by atoms with Gasteiger partial charge in [-0.25, -0.2) is 8.78 Å². The van der Waals surface area contributed by atoms with E-state index in [1.54, 1.807) is 0 Å². The van der Waals surface area contributed by atoms with E-state index >= 15 is 0 Å². The molecule has 1 aliphatic rings. The Hall–Kier alpha value is -2.63. The highest BCUT2D eigenvalue weighted by Crippen LogP contribution is 2.36. The molecule has 0 bridgehead atoms. The van der Waals surface area contributed by atoms with Crippen LogP contribution < -0.4 is 0 Å². The summed E-state index contributed by atoms with van der Waals surface area (Å²) in [6, 6.07) is 5.43. The number of rotatable bonds is 0. The maximum atomic E-state index is 13.8. The molecule has 1 N–H and O–H groups in total. The minimum absolute atomic E-state index is 0.116. The fourth-order valence-corrected chi connectivity index (χ4v) is 2.22. The van der Waals surface area contributed by atoms with E-state index in [-0.39, 0.29) is 11.1 Å². The molecule has 0 saturated heterocycles. The van der Waals surface area contributed by atoms with Crippen LogP contribution in [0.5, 0.6) is 5.75 Å². The van der Waals surface area contributed by atoms with Gasteiger partial charge in [-0.2, -0.15) is 4.39 Å². The normalized spacial score (nSPS) is 13.2. The maximum absolute atomic E-state index is 13.8. The van der Waals surface area contributed by atoms with Crippen molar-refractivity contribution in [3.63, 3.8) is 0 Å². The lowest BCUT2D eigenvalue weighted by Gasteiger charge is -2.19. The van der Waals surface area contributed by atoms with Crippen LogP contribution in [0.15, 0.2) is 24.3 Å². The topological polar surface area (TPSA) is 54.4 Å². The molecule has 100 valence electrons. The highest BCUT2D eigenvalue weighted by molar-refractivity contribution is 6.28. The Morgan fingerprint density at radius 2 is 1.20 bits per heavy atom. The second-order valence-electron chi connectivity index (χ2n) is 4.24. The van der Waals surface area contributed by atoms with Crippen LogP contribution in [0.25, 0.3) is 0 Å². The molecular formula is C14H5F3O3. The second kappa shape index (κ2) is 3.93. The van der Waals surface area contributed by atoms with Gasteiger partial charge in [0.15, 0.2) is 29.0 Å². The van der Waals surface area contributed by atoms with Crippen molar-refractivity contribution in [2.24, 2.45) is 0 Å². The number of aromatic hydroxyl groups is 1. The molecule has 0 amide bonds. The molecule has 0 unspecified atom stereocenters. The highest BCUT2D eigenvalue weighted by atomic mass is 19.2. The third kappa shape index (κ3) is 1.36. The van der Waals surface area contributed by atoms with Crippen LogP contribution in [-0.2, 0) is 0 Å². The summed E-state index contributed by atoms with van der Waals surface area (Å²) >= 11 is 0. The van der Waals surface area contributed by atoms with Crippen LogP contribution in [0.3, 0.4) is 0 Å². The first kappa shape index (κ1) is 12.4. The number of halogens is 3. The quantitative estimate of drug-likeness (QED) is 0.643. The van der Waals surface area contributed by atoms with Crippen LogP contribution in [0.1, 0.15) is 31.8 Å². The van der Waals surface area contributed by atoms with Crippen LogP contribution in [-0.4, -0.2) is 16.7 Å². The summed E-state index contributed by atoms with van der Waals surface area (Å²) in [6.45, 7) is 0. The number of phenols is 1. The number of phenolic OH excluding ortho intramolecular Hbond substituents is 1. The summed E-state index contributed by atoms with van der Waals surface area (Å²) in [4.78, 5) is 24.2. The first-order valence-electron chi connectivity index (χ1n) is 5.53. The first-order valence-corrected chi connectivity index (χ1v) is 5.53. The van der Waals surface area contributed by atoms with E-state index in [1.807, 2.05) is 0 Å². The zero-order valence-corrected chi connectivity index (χ0v) is 9.71. The van der Waals surface area contributed by atoms with Crippen LogP contribution in [0.2, 0.25) is 0 Å². The molecule has 0 heterocycles. The van der Waals surface area contributed by atoms with Gasteiger partial charge >= 0.3 is 0 Å².